The van der Waals surface area contributed by atoms with Crippen molar-refractivity contribution in [2.24, 2.45) is 0 Å². The SMILES string of the molecule is CCc1nnc(NCc2cccc(Cn3ccnc3)c2)c(C#N)c1CC. The Hall–Kier alpha value is -3.20. The molecule has 0 aliphatic carbocycles. The Morgan fingerprint density at radius 2 is 2.00 bits per heavy atom. The molecular formula is C20H22N6. The number of nitrogens with one attached hydrogen (secondary N) is 1. The van der Waals surface area contributed by atoms with Crippen molar-refractivity contribution in [3.63, 3.8) is 0 Å². The number of hydrogen-bond acceptors (Lipinski definition) is 5. The number of nitrogens with zero attached hydrogens (tertiary/aromatic N) is 5. The molecule has 132 valence electrons. The summed E-state index contributed by atoms with van der Waals surface area (Å²) < 4.78 is 2.03. The van der Waals surface area contributed by atoms with Crippen LogP contribution in [-0.2, 0) is 25.9 Å². The lowest BCUT2D eigenvalue weighted by Gasteiger charge is -2.12. The summed E-state index contributed by atoms with van der Waals surface area (Å²) in [5.74, 6) is 0.557. The number of nitriles is 1. The third kappa shape index (κ3) is 3.89. The third-order valence-electron chi connectivity index (χ3n) is 4.33. The lowest BCUT2D eigenvalue weighted by atomic mass is 10.0. The lowest BCUT2D eigenvalue weighted by Crippen LogP contribution is -2.10. The van der Waals surface area contributed by atoms with Crippen LogP contribution in [-0.4, -0.2) is 19.7 Å². The van der Waals surface area contributed by atoms with Gasteiger partial charge in [0.25, 0.3) is 0 Å². The van der Waals surface area contributed by atoms with E-state index in [1.54, 1.807) is 12.5 Å². The molecule has 0 atom stereocenters. The zero-order valence-electron chi connectivity index (χ0n) is 15.1. The summed E-state index contributed by atoms with van der Waals surface area (Å²) >= 11 is 0. The summed E-state index contributed by atoms with van der Waals surface area (Å²) in [7, 11) is 0. The van der Waals surface area contributed by atoms with Gasteiger partial charge in [0.05, 0.1) is 12.0 Å². The molecule has 1 N–H and O–H groups in total. The van der Waals surface area contributed by atoms with Crippen LogP contribution in [0, 0.1) is 11.3 Å². The second-order valence-electron chi connectivity index (χ2n) is 6.08. The van der Waals surface area contributed by atoms with E-state index in [1.165, 1.54) is 5.56 Å². The lowest BCUT2D eigenvalue weighted by molar-refractivity contribution is 0.795. The van der Waals surface area contributed by atoms with Crippen molar-refractivity contribution < 1.29 is 0 Å². The van der Waals surface area contributed by atoms with Gasteiger partial charge in [-0.25, -0.2) is 4.98 Å². The Morgan fingerprint density at radius 1 is 1.15 bits per heavy atom. The van der Waals surface area contributed by atoms with Crippen LogP contribution in [0.5, 0.6) is 0 Å². The van der Waals surface area contributed by atoms with Crippen LogP contribution in [0.15, 0.2) is 43.0 Å². The third-order valence-corrected chi connectivity index (χ3v) is 4.33. The van der Waals surface area contributed by atoms with Gasteiger partial charge in [0, 0.05) is 25.5 Å². The van der Waals surface area contributed by atoms with Gasteiger partial charge >= 0.3 is 0 Å². The fourth-order valence-electron chi connectivity index (χ4n) is 3.03. The summed E-state index contributed by atoms with van der Waals surface area (Å²) in [6.45, 7) is 5.45. The molecule has 6 nitrogen and oxygen atoms in total. The zero-order chi connectivity index (χ0) is 18.4. The molecule has 6 heteroatoms. The van der Waals surface area contributed by atoms with E-state index in [9.17, 15) is 5.26 Å². The normalized spacial score (nSPS) is 10.5. The first kappa shape index (κ1) is 17.6. The van der Waals surface area contributed by atoms with Crippen LogP contribution in [0.4, 0.5) is 5.82 Å². The summed E-state index contributed by atoms with van der Waals surface area (Å²) in [5.41, 5.74) is 4.82. The van der Waals surface area contributed by atoms with Gasteiger partial charge in [0.15, 0.2) is 5.82 Å². The van der Waals surface area contributed by atoms with Crippen LogP contribution in [0.25, 0.3) is 0 Å². The van der Waals surface area contributed by atoms with Crippen molar-refractivity contribution in [2.75, 3.05) is 5.32 Å². The van der Waals surface area contributed by atoms with E-state index in [4.69, 9.17) is 0 Å². The molecule has 0 radical (unpaired) electrons. The Balaban J connectivity index is 1.76. The van der Waals surface area contributed by atoms with Gasteiger partial charge in [-0.2, -0.15) is 10.4 Å². The Morgan fingerprint density at radius 3 is 2.69 bits per heavy atom. The van der Waals surface area contributed by atoms with Gasteiger partial charge in [0.2, 0.25) is 0 Å². The number of aromatic nitrogens is 4. The minimum atomic E-state index is 0.557. The Labute approximate surface area is 153 Å². The predicted molar refractivity (Wildman–Crippen MR) is 101 cm³/mol. The van der Waals surface area contributed by atoms with Crippen molar-refractivity contribution in [1.29, 1.82) is 5.26 Å². The van der Waals surface area contributed by atoms with Crippen LogP contribution in [0.1, 0.15) is 41.8 Å². The topological polar surface area (TPSA) is 79.4 Å². The maximum atomic E-state index is 9.57. The van der Waals surface area contributed by atoms with Crippen molar-refractivity contribution in [3.05, 3.63) is 70.9 Å². The molecule has 2 aromatic heterocycles. The molecular weight excluding hydrogens is 324 g/mol. The number of hydrogen-bond donors (Lipinski definition) is 1. The number of imidazole rings is 1. The Kier molecular flexibility index (Phi) is 5.59. The first-order chi connectivity index (χ1) is 12.7. The van der Waals surface area contributed by atoms with Gasteiger partial charge in [-0.3, -0.25) is 0 Å². The van der Waals surface area contributed by atoms with Crippen LogP contribution >= 0.6 is 0 Å². The number of aryl methyl sites for hydroxylation is 1. The van der Waals surface area contributed by atoms with Gasteiger partial charge in [0.1, 0.15) is 11.6 Å². The summed E-state index contributed by atoms with van der Waals surface area (Å²) in [5, 5.41) is 21.4. The molecule has 0 fully saturated rings. The number of benzene rings is 1. The molecule has 1 aromatic carbocycles. The largest absolute Gasteiger partial charge is 0.363 e. The summed E-state index contributed by atoms with van der Waals surface area (Å²) in [4.78, 5) is 4.07. The first-order valence-electron chi connectivity index (χ1n) is 8.81. The molecule has 0 aliphatic rings. The molecule has 26 heavy (non-hydrogen) atoms. The average Bonchev–Trinajstić information content (AvgIpc) is 3.18. The van der Waals surface area contributed by atoms with Gasteiger partial charge < -0.3 is 9.88 Å². The van der Waals surface area contributed by atoms with Crippen molar-refractivity contribution in [2.45, 2.75) is 39.8 Å². The van der Waals surface area contributed by atoms with E-state index in [0.29, 0.717) is 17.9 Å². The minimum absolute atomic E-state index is 0.557. The van der Waals surface area contributed by atoms with Crippen molar-refractivity contribution in [1.82, 2.24) is 19.7 Å². The first-order valence-corrected chi connectivity index (χ1v) is 8.81. The predicted octanol–water partition coefficient (Wildman–Crippen LogP) is 3.33. The van der Waals surface area contributed by atoms with E-state index in [-0.39, 0.29) is 0 Å². The molecule has 3 rings (SSSR count). The second-order valence-corrected chi connectivity index (χ2v) is 6.08. The van der Waals surface area contributed by atoms with Crippen LogP contribution in [0.3, 0.4) is 0 Å². The van der Waals surface area contributed by atoms with Gasteiger partial charge in [-0.1, -0.05) is 38.1 Å². The van der Waals surface area contributed by atoms with Crippen molar-refractivity contribution >= 4 is 5.82 Å². The van der Waals surface area contributed by atoms with Gasteiger partial charge in [-0.15, -0.1) is 5.10 Å². The Bertz CT molecular complexity index is 909. The molecule has 0 amide bonds. The van der Waals surface area contributed by atoms with E-state index < -0.39 is 0 Å². The highest BCUT2D eigenvalue weighted by molar-refractivity contribution is 5.56. The monoisotopic (exact) mass is 346 g/mol. The van der Waals surface area contributed by atoms with E-state index >= 15 is 0 Å². The highest BCUT2D eigenvalue weighted by Gasteiger charge is 2.14. The minimum Gasteiger partial charge on any atom is -0.363 e. The molecule has 0 spiro atoms. The molecule has 2 heterocycles. The van der Waals surface area contributed by atoms with E-state index in [2.05, 4.69) is 44.8 Å². The van der Waals surface area contributed by atoms with Crippen molar-refractivity contribution in [3.8, 4) is 6.07 Å². The average molecular weight is 346 g/mol. The number of anilines is 1. The molecule has 3 aromatic rings. The fourth-order valence-corrected chi connectivity index (χ4v) is 3.03. The molecule has 0 aliphatic heterocycles. The summed E-state index contributed by atoms with van der Waals surface area (Å²) in [6.07, 6.45) is 7.08. The maximum absolute atomic E-state index is 9.57. The zero-order valence-corrected chi connectivity index (χ0v) is 15.1. The number of rotatable bonds is 7. The smallest absolute Gasteiger partial charge is 0.167 e. The highest BCUT2D eigenvalue weighted by atomic mass is 15.2. The molecule has 0 unspecified atom stereocenters. The standard InChI is InChI=1S/C20H22N6/c1-3-17-18(11-21)20(25-24-19(17)4-2)23-12-15-6-5-7-16(10-15)13-26-9-8-22-14-26/h5-10,14H,3-4,12-13H2,1-2H3,(H,23,25). The fraction of sp³-hybridized carbons (Fsp3) is 0.300. The second kappa shape index (κ2) is 8.26. The van der Waals surface area contributed by atoms with E-state index in [0.717, 1.165) is 36.2 Å². The molecule has 0 saturated heterocycles. The highest BCUT2D eigenvalue weighted by Crippen LogP contribution is 2.20. The van der Waals surface area contributed by atoms with Gasteiger partial charge in [-0.05, 0) is 29.5 Å². The maximum Gasteiger partial charge on any atom is 0.167 e. The van der Waals surface area contributed by atoms with Crippen LogP contribution in [0.2, 0.25) is 0 Å². The summed E-state index contributed by atoms with van der Waals surface area (Å²) in [6, 6.07) is 10.6. The molecule has 0 saturated carbocycles. The quantitative estimate of drug-likeness (QED) is 0.710. The van der Waals surface area contributed by atoms with E-state index in [1.807, 2.05) is 30.7 Å². The van der Waals surface area contributed by atoms with Crippen LogP contribution < -0.4 is 5.32 Å². The molecule has 0 bridgehead atoms.